The molecule has 5 heteroatoms. The van der Waals surface area contributed by atoms with E-state index < -0.39 is 5.97 Å². The first-order valence-electron chi connectivity index (χ1n) is 6.10. The van der Waals surface area contributed by atoms with Crippen molar-refractivity contribution >= 4 is 23.4 Å². The van der Waals surface area contributed by atoms with Gasteiger partial charge in [0.2, 0.25) is 0 Å². The maximum absolute atomic E-state index is 11.9. The van der Waals surface area contributed by atoms with Gasteiger partial charge in [0, 0.05) is 12.0 Å². The molecule has 0 bridgehead atoms. The number of hydrogen-bond donors (Lipinski definition) is 0. The number of ether oxygens (including phenoxy) is 2. The Labute approximate surface area is 117 Å². The number of ketones is 1. The van der Waals surface area contributed by atoms with Gasteiger partial charge in [-0.1, -0.05) is 18.5 Å². The van der Waals surface area contributed by atoms with Gasteiger partial charge in [-0.25, -0.2) is 0 Å². The number of methoxy groups -OCH3 is 1. The smallest absolute Gasteiger partial charge is 0.305 e. The van der Waals surface area contributed by atoms with Gasteiger partial charge in [0.15, 0.2) is 5.78 Å². The molecule has 0 amide bonds. The highest BCUT2D eigenvalue weighted by Crippen LogP contribution is 2.24. The van der Waals surface area contributed by atoms with Crippen molar-refractivity contribution in [3.8, 4) is 5.75 Å². The zero-order valence-corrected chi connectivity index (χ0v) is 11.8. The highest BCUT2D eigenvalue weighted by molar-refractivity contribution is 6.34. The minimum Gasteiger partial charge on any atom is -0.494 e. The molecule has 0 fully saturated rings. The molecule has 0 N–H and O–H groups in total. The van der Waals surface area contributed by atoms with Crippen molar-refractivity contribution in [2.24, 2.45) is 0 Å². The Kier molecular flexibility index (Phi) is 6.36. The number of esters is 1. The first kappa shape index (κ1) is 15.5. The van der Waals surface area contributed by atoms with Crippen LogP contribution in [0.4, 0.5) is 0 Å². The Morgan fingerprint density at radius 3 is 2.58 bits per heavy atom. The molecule has 1 rings (SSSR count). The van der Waals surface area contributed by atoms with Gasteiger partial charge in [-0.05, 0) is 24.6 Å². The zero-order valence-electron chi connectivity index (χ0n) is 11.1. The number of rotatable bonds is 7. The van der Waals surface area contributed by atoms with Crippen molar-refractivity contribution in [2.45, 2.75) is 26.2 Å². The standard InChI is InChI=1S/C14H17ClO4/c1-3-8-19-10-4-5-11(12(15)9-10)13(16)6-7-14(17)18-2/h4-5,9H,3,6-8H2,1-2H3. The molecule has 0 aliphatic heterocycles. The topological polar surface area (TPSA) is 52.6 Å². The molecule has 0 aliphatic carbocycles. The molecule has 0 saturated carbocycles. The molecule has 4 nitrogen and oxygen atoms in total. The van der Waals surface area contributed by atoms with Crippen molar-refractivity contribution in [1.82, 2.24) is 0 Å². The average molecular weight is 285 g/mol. The Balaban J connectivity index is 2.67. The highest BCUT2D eigenvalue weighted by Gasteiger charge is 2.13. The quantitative estimate of drug-likeness (QED) is 0.570. The van der Waals surface area contributed by atoms with Crippen molar-refractivity contribution in [1.29, 1.82) is 0 Å². The van der Waals surface area contributed by atoms with E-state index in [1.807, 2.05) is 6.92 Å². The van der Waals surface area contributed by atoms with Crippen LogP contribution in [0.2, 0.25) is 5.02 Å². The second-order valence-electron chi connectivity index (χ2n) is 3.99. The molecule has 0 aliphatic rings. The van der Waals surface area contributed by atoms with Crippen LogP contribution in [0.25, 0.3) is 0 Å². The van der Waals surface area contributed by atoms with E-state index in [4.69, 9.17) is 16.3 Å². The Morgan fingerprint density at radius 1 is 1.26 bits per heavy atom. The SMILES string of the molecule is CCCOc1ccc(C(=O)CCC(=O)OC)c(Cl)c1. The van der Waals surface area contributed by atoms with E-state index >= 15 is 0 Å². The van der Waals surface area contributed by atoms with Gasteiger partial charge < -0.3 is 9.47 Å². The molecule has 0 atom stereocenters. The van der Waals surface area contributed by atoms with E-state index in [1.54, 1.807) is 18.2 Å². The van der Waals surface area contributed by atoms with Crippen molar-refractivity contribution in [3.63, 3.8) is 0 Å². The third-order valence-corrected chi connectivity index (χ3v) is 2.81. The number of halogens is 1. The third kappa shape index (κ3) is 4.91. The van der Waals surface area contributed by atoms with E-state index in [2.05, 4.69) is 4.74 Å². The maximum atomic E-state index is 11.9. The van der Waals surface area contributed by atoms with Crippen molar-refractivity contribution < 1.29 is 19.1 Å². The molecular formula is C14H17ClO4. The largest absolute Gasteiger partial charge is 0.494 e. The second-order valence-corrected chi connectivity index (χ2v) is 4.40. The van der Waals surface area contributed by atoms with Crippen LogP contribution < -0.4 is 4.74 Å². The summed E-state index contributed by atoms with van der Waals surface area (Å²) >= 11 is 6.04. The summed E-state index contributed by atoms with van der Waals surface area (Å²) in [6.07, 6.45) is 1.04. The highest BCUT2D eigenvalue weighted by atomic mass is 35.5. The number of benzene rings is 1. The molecule has 1 aromatic rings. The van der Waals surface area contributed by atoms with Gasteiger partial charge in [-0.15, -0.1) is 0 Å². The first-order valence-corrected chi connectivity index (χ1v) is 6.48. The maximum Gasteiger partial charge on any atom is 0.305 e. The summed E-state index contributed by atoms with van der Waals surface area (Å²) in [5.41, 5.74) is 0.398. The van der Waals surface area contributed by atoms with Crippen LogP contribution in [0.15, 0.2) is 18.2 Å². The third-order valence-electron chi connectivity index (χ3n) is 2.50. The average Bonchev–Trinajstić information content (AvgIpc) is 2.42. The van der Waals surface area contributed by atoms with Gasteiger partial charge in [0.25, 0.3) is 0 Å². The molecule has 1 aromatic carbocycles. The first-order chi connectivity index (χ1) is 9.08. The predicted octanol–water partition coefficient (Wildman–Crippen LogP) is 3.26. The molecule has 0 saturated heterocycles. The summed E-state index contributed by atoms with van der Waals surface area (Å²) in [4.78, 5) is 22.9. The van der Waals surface area contributed by atoms with Gasteiger partial charge in [-0.3, -0.25) is 9.59 Å². The summed E-state index contributed by atoms with van der Waals surface area (Å²) in [6, 6.07) is 4.93. The van der Waals surface area contributed by atoms with Crippen LogP contribution in [0.1, 0.15) is 36.5 Å². The van der Waals surface area contributed by atoms with Crippen LogP contribution in [-0.2, 0) is 9.53 Å². The lowest BCUT2D eigenvalue weighted by Crippen LogP contribution is -2.06. The summed E-state index contributed by atoms with van der Waals surface area (Å²) in [5, 5.41) is 0.337. The molecule has 0 aromatic heterocycles. The lowest BCUT2D eigenvalue weighted by molar-refractivity contribution is -0.140. The lowest BCUT2D eigenvalue weighted by atomic mass is 10.1. The van der Waals surface area contributed by atoms with E-state index in [-0.39, 0.29) is 18.6 Å². The van der Waals surface area contributed by atoms with Crippen molar-refractivity contribution in [3.05, 3.63) is 28.8 Å². The summed E-state index contributed by atoms with van der Waals surface area (Å²) in [5.74, 6) is 0.0428. The Hall–Kier alpha value is -1.55. The van der Waals surface area contributed by atoms with Crippen LogP contribution in [0.3, 0.4) is 0 Å². The normalized spacial score (nSPS) is 10.1. The van der Waals surface area contributed by atoms with Crippen LogP contribution in [0, 0.1) is 0 Å². The van der Waals surface area contributed by atoms with Gasteiger partial charge in [0.05, 0.1) is 25.2 Å². The van der Waals surface area contributed by atoms with E-state index in [9.17, 15) is 9.59 Å². The fraction of sp³-hybridized carbons (Fsp3) is 0.429. The summed E-state index contributed by atoms with van der Waals surface area (Å²) < 4.78 is 9.90. The predicted molar refractivity (Wildman–Crippen MR) is 72.8 cm³/mol. The number of hydrogen-bond acceptors (Lipinski definition) is 4. The molecular weight excluding hydrogens is 268 g/mol. The number of carbonyl (C=O) groups is 2. The molecule has 104 valence electrons. The van der Waals surface area contributed by atoms with Gasteiger partial charge >= 0.3 is 5.97 Å². The molecule has 0 unspecified atom stereocenters. The van der Waals surface area contributed by atoms with Crippen LogP contribution in [0.5, 0.6) is 5.75 Å². The monoisotopic (exact) mass is 284 g/mol. The molecule has 0 spiro atoms. The van der Waals surface area contributed by atoms with E-state index in [1.165, 1.54) is 7.11 Å². The molecule has 19 heavy (non-hydrogen) atoms. The lowest BCUT2D eigenvalue weighted by Gasteiger charge is -2.07. The van der Waals surface area contributed by atoms with Gasteiger partial charge in [-0.2, -0.15) is 0 Å². The van der Waals surface area contributed by atoms with Crippen LogP contribution in [-0.4, -0.2) is 25.5 Å². The minimum absolute atomic E-state index is 0.0553. The second kappa shape index (κ2) is 7.79. The summed E-state index contributed by atoms with van der Waals surface area (Å²) in [6.45, 7) is 2.61. The number of carbonyl (C=O) groups excluding carboxylic acids is 2. The number of Topliss-reactive ketones (excluding diaryl/α,β-unsaturated/α-hetero) is 1. The Bertz CT molecular complexity index is 457. The van der Waals surface area contributed by atoms with Crippen LogP contribution >= 0.6 is 11.6 Å². The molecule has 0 heterocycles. The van der Waals surface area contributed by atoms with E-state index in [0.717, 1.165) is 6.42 Å². The Morgan fingerprint density at radius 2 is 2.00 bits per heavy atom. The fourth-order valence-electron chi connectivity index (χ4n) is 1.48. The fourth-order valence-corrected chi connectivity index (χ4v) is 1.76. The van der Waals surface area contributed by atoms with Gasteiger partial charge in [0.1, 0.15) is 5.75 Å². The zero-order chi connectivity index (χ0) is 14.3. The minimum atomic E-state index is -0.410. The van der Waals surface area contributed by atoms with Crippen molar-refractivity contribution in [2.75, 3.05) is 13.7 Å². The molecule has 0 radical (unpaired) electrons. The van der Waals surface area contributed by atoms with E-state index in [0.29, 0.717) is 22.9 Å². The summed E-state index contributed by atoms with van der Waals surface area (Å²) in [7, 11) is 1.29.